The second-order valence-electron chi connectivity index (χ2n) is 15.4. The maximum absolute atomic E-state index is 2.33. The van der Waals surface area contributed by atoms with Crippen molar-refractivity contribution >= 4 is 32.3 Å². The summed E-state index contributed by atoms with van der Waals surface area (Å²) in [6.07, 6.45) is 0. The Balaban J connectivity index is 0.000000163. The van der Waals surface area contributed by atoms with E-state index >= 15 is 0 Å². The van der Waals surface area contributed by atoms with E-state index in [-0.39, 0.29) is 0 Å². The topological polar surface area (TPSA) is 0 Å². The van der Waals surface area contributed by atoms with Gasteiger partial charge in [0.1, 0.15) is 0 Å². The minimum atomic E-state index is 0.589. The molecule has 0 heterocycles. The Morgan fingerprint density at radius 3 is 0.854 bits per heavy atom. The minimum absolute atomic E-state index is 0.589. The SMILES string of the molecule is CC(C)c1ccc2cc(C(C)C)ccc2c1.CC(C)c1ccc2ccc(C(C)C)cc2c1.CC(C)c1cccc2c(C(C)C)cccc12. The zero-order chi connectivity index (χ0) is 35.1. The summed E-state index contributed by atoms with van der Waals surface area (Å²) in [5, 5.41) is 8.27. The molecular weight excluding hydrogens is 577 g/mol. The van der Waals surface area contributed by atoms with Gasteiger partial charge in [-0.2, -0.15) is 0 Å². The molecule has 0 amide bonds. The van der Waals surface area contributed by atoms with Gasteiger partial charge in [-0.25, -0.2) is 0 Å². The average molecular weight is 637 g/mol. The number of hydrogen-bond donors (Lipinski definition) is 0. The van der Waals surface area contributed by atoms with Crippen molar-refractivity contribution in [3.8, 4) is 0 Å². The molecule has 0 saturated heterocycles. The molecule has 0 atom stereocenters. The maximum atomic E-state index is 2.33. The molecule has 0 heteroatoms. The van der Waals surface area contributed by atoms with Gasteiger partial charge in [0.15, 0.2) is 0 Å². The van der Waals surface area contributed by atoms with Crippen molar-refractivity contribution < 1.29 is 0 Å². The summed E-state index contributed by atoms with van der Waals surface area (Å²) in [6.45, 7) is 27.0. The van der Waals surface area contributed by atoms with E-state index in [0.717, 1.165) is 0 Å². The Kier molecular flexibility index (Phi) is 12.7. The Morgan fingerprint density at radius 1 is 0.271 bits per heavy atom. The Hall–Kier alpha value is -3.90. The molecule has 0 N–H and O–H groups in total. The largest absolute Gasteiger partial charge is 0.0613 e. The standard InChI is InChI=1S/3C16H20/c1-11(2)13-5-7-16-10-14(12(3)4)6-8-15(16)9-13;1-11(2)14-7-5-13-6-8-15(12(3)4)10-16(13)9-14;1-11(2)13-7-5-10-16-14(12(3)4)8-6-9-15(13)16/h3*5-12H,1-4H3. The predicted octanol–water partition coefficient (Wildman–Crippen LogP) is 15.3. The molecule has 0 spiro atoms. The maximum Gasteiger partial charge on any atom is -0.0146 e. The van der Waals surface area contributed by atoms with Crippen LogP contribution in [0.5, 0.6) is 0 Å². The van der Waals surface area contributed by atoms with Crippen molar-refractivity contribution in [3.63, 3.8) is 0 Å². The van der Waals surface area contributed by atoms with Gasteiger partial charge in [-0.1, -0.05) is 192 Å². The third-order valence-corrected chi connectivity index (χ3v) is 9.68. The quantitative estimate of drug-likeness (QED) is 0.171. The predicted molar refractivity (Wildman–Crippen MR) is 216 cm³/mol. The fourth-order valence-electron chi connectivity index (χ4n) is 6.37. The van der Waals surface area contributed by atoms with Crippen molar-refractivity contribution in [1.29, 1.82) is 0 Å². The highest BCUT2D eigenvalue weighted by molar-refractivity contribution is 5.89. The molecule has 0 aliphatic carbocycles. The van der Waals surface area contributed by atoms with Crippen molar-refractivity contribution in [2.75, 3.05) is 0 Å². The van der Waals surface area contributed by atoms with Crippen LogP contribution in [0.4, 0.5) is 0 Å². The monoisotopic (exact) mass is 636 g/mol. The first kappa shape index (κ1) is 36.9. The highest BCUT2D eigenvalue weighted by atomic mass is 14.1. The van der Waals surface area contributed by atoms with Crippen LogP contribution in [-0.4, -0.2) is 0 Å². The first-order chi connectivity index (χ1) is 22.8. The Bertz CT molecular complexity index is 1790. The second-order valence-corrected chi connectivity index (χ2v) is 15.4. The van der Waals surface area contributed by atoms with Crippen molar-refractivity contribution in [1.82, 2.24) is 0 Å². The lowest BCUT2D eigenvalue weighted by Crippen LogP contribution is -1.93. The number of fused-ring (bicyclic) bond motifs is 3. The van der Waals surface area contributed by atoms with Crippen LogP contribution in [0.3, 0.4) is 0 Å². The second kappa shape index (κ2) is 16.5. The molecule has 0 nitrogen and oxygen atoms in total. The molecule has 0 aliphatic rings. The van der Waals surface area contributed by atoms with E-state index in [1.165, 1.54) is 65.7 Å². The van der Waals surface area contributed by atoms with Gasteiger partial charge in [0.2, 0.25) is 0 Å². The molecule has 6 aromatic rings. The van der Waals surface area contributed by atoms with Gasteiger partial charge in [0, 0.05) is 0 Å². The molecule has 0 saturated carbocycles. The molecule has 0 aliphatic heterocycles. The van der Waals surface area contributed by atoms with E-state index in [0.29, 0.717) is 35.5 Å². The molecular formula is C48H60. The summed E-state index contributed by atoms with van der Waals surface area (Å²) in [7, 11) is 0. The van der Waals surface area contributed by atoms with Gasteiger partial charge in [-0.15, -0.1) is 0 Å². The molecule has 0 aromatic heterocycles. The third kappa shape index (κ3) is 9.16. The van der Waals surface area contributed by atoms with Crippen LogP contribution in [0.15, 0.2) is 109 Å². The lowest BCUT2D eigenvalue weighted by Gasteiger charge is -2.14. The lowest BCUT2D eigenvalue weighted by atomic mass is 9.90. The molecule has 6 rings (SSSR count). The van der Waals surface area contributed by atoms with Gasteiger partial charge in [0.25, 0.3) is 0 Å². The van der Waals surface area contributed by atoms with Crippen molar-refractivity contribution in [3.05, 3.63) is 143 Å². The first-order valence-electron chi connectivity index (χ1n) is 18.4. The van der Waals surface area contributed by atoms with Crippen LogP contribution >= 0.6 is 0 Å². The zero-order valence-electron chi connectivity index (χ0n) is 31.9. The number of benzene rings is 6. The summed E-state index contributed by atoms with van der Waals surface area (Å²) in [4.78, 5) is 0. The summed E-state index contributed by atoms with van der Waals surface area (Å²) in [5.74, 6) is 3.60. The van der Waals surface area contributed by atoms with E-state index in [1.54, 1.807) is 0 Å². The summed E-state index contributed by atoms with van der Waals surface area (Å²) in [6, 6.07) is 40.6. The molecule has 0 fully saturated rings. The minimum Gasteiger partial charge on any atom is -0.0613 e. The normalized spacial score (nSPS) is 11.6. The average Bonchev–Trinajstić information content (AvgIpc) is 3.06. The molecule has 48 heavy (non-hydrogen) atoms. The van der Waals surface area contributed by atoms with Gasteiger partial charge in [-0.3, -0.25) is 0 Å². The van der Waals surface area contributed by atoms with E-state index in [1.807, 2.05) is 0 Å². The summed E-state index contributed by atoms with van der Waals surface area (Å²) >= 11 is 0. The van der Waals surface area contributed by atoms with E-state index < -0.39 is 0 Å². The number of hydrogen-bond acceptors (Lipinski definition) is 0. The third-order valence-electron chi connectivity index (χ3n) is 9.68. The van der Waals surface area contributed by atoms with Crippen molar-refractivity contribution in [2.24, 2.45) is 0 Å². The highest BCUT2D eigenvalue weighted by Gasteiger charge is 2.09. The summed E-state index contributed by atoms with van der Waals surface area (Å²) in [5.41, 5.74) is 8.61. The van der Waals surface area contributed by atoms with Crippen LogP contribution in [0.2, 0.25) is 0 Å². The Labute approximate surface area is 292 Å². The molecule has 0 bridgehead atoms. The smallest absolute Gasteiger partial charge is 0.0146 e. The van der Waals surface area contributed by atoms with Gasteiger partial charge >= 0.3 is 0 Å². The molecule has 252 valence electrons. The van der Waals surface area contributed by atoms with Gasteiger partial charge in [0.05, 0.1) is 0 Å². The lowest BCUT2D eigenvalue weighted by molar-refractivity contribution is 0.865. The summed E-state index contributed by atoms with van der Waals surface area (Å²) < 4.78 is 0. The van der Waals surface area contributed by atoms with Crippen LogP contribution in [0.1, 0.15) is 152 Å². The fraction of sp³-hybridized carbons (Fsp3) is 0.375. The van der Waals surface area contributed by atoms with E-state index in [4.69, 9.17) is 0 Å². The van der Waals surface area contributed by atoms with Gasteiger partial charge < -0.3 is 0 Å². The van der Waals surface area contributed by atoms with Crippen LogP contribution in [0, 0.1) is 0 Å². The van der Waals surface area contributed by atoms with Crippen LogP contribution in [-0.2, 0) is 0 Å². The molecule has 0 radical (unpaired) electrons. The van der Waals surface area contributed by atoms with Crippen LogP contribution < -0.4 is 0 Å². The molecule has 6 aromatic carbocycles. The van der Waals surface area contributed by atoms with Gasteiger partial charge in [-0.05, 0) is 101 Å². The first-order valence-corrected chi connectivity index (χ1v) is 18.4. The molecule has 0 unspecified atom stereocenters. The fourth-order valence-corrected chi connectivity index (χ4v) is 6.37. The van der Waals surface area contributed by atoms with E-state index in [2.05, 4.69) is 192 Å². The number of rotatable bonds is 6. The Morgan fingerprint density at radius 2 is 0.562 bits per heavy atom. The van der Waals surface area contributed by atoms with Crippen molar-refractivity contribution in [2.45, 2.75) is 119 Å². The zero-order valence-corrected chi connectivity index (χ0v) is 31.9. The van der Waals surface area contributed by atoms with Crippen LogP contribution in [0.25, 0.3) is 32.3 Å². The van der Waals surface area contributed by atoms with E-state index in [9.17, 15) is 0 Å². The highest BCUT2D eigenvalue weighted by Crippen LogP contribution is 2.31.